The van der Waals surface area contributed by atoms with Gasteiger partial charge >= 0.3 is 0 Å². The zero-order chi connectivity index (χ0) is 11.0. The molecule has 0 saturated heterocycles. The predicted octanol–water partition coefficient (Wildman–Crippen LogP) is 2.81. The highest BCUT2D eigenvalue weighted by molar-refractivity contribution is 7.14. The molecule has 1 unspecified atom stereocenters. The van der Waals surface area contributed by atoms with Gasteiger partial charge in [0, 0.05) is 0 Å². The second kappa shape index (κ2) is 3.92. The van der Waals surface area contributed by atoms with E-state index in [0.717, 1.165) is 10.4 Å². The topological polar surface area (TPSA) is 59.2 Å². The summed E-state index contributed by atoms with van der Waals surface area (Å²) in [5.74, 6) is 0.626. The van der Waals surface area contributed by atoms with Crippen molar-refractivity contribution >= 4 is 22.9 Å². The van der Waals surface area contributed by atoms with E-state index in [1.807, 2.05) is 12.3 Å². The largest absolute Gasteiger partial charge is 0.385 e. The number of aliphatic hydroxyl groups excluding tert-OH is 1. The number of hydrogen-bond acceptors (Lipinski definition) is 5. The number of hydrogen-bond donors (Lipinski definition) is 1. The summed E-state index contributed by atoms with van der Waals surface area (Å²) >= 11 is 7.50. The molecule has 0 saturated carbocycles. The van der Waals surface area contributed by atoms with Crippen molar-refractivity contribution in [3.63, 3.8) is 0 Å². The van der Waals surface area contributed by atoms with Crippen LogP contribution in [-0.4, -0.2) is 15.2 Å². The van der Waals surface area contributed by atoms with E-state index in [4.69, 9.17) is 16.1 Å². The average molecular weight is 245 g/mol. The van der Waals surface area contributed by atoms with Gasteiger partial charge in [-0.1, -0.05) is 16.8 Å². The summed E-state index contributed by atoms with van der Waals surface area (Å²) in [6, 6.07) is 0. The van der Waals surface area contributed by atoms with Gasteiger partial charge in [0.25, 0.3) is 5.89 Å². The molecule has 0 amide bonds. The van der Waals surface area contributed by atoms with E-state index < -0.39 is 6.10 Å². The molecule has 0 aliphatic carbocycles. The summed E-state index contributed by atoms with van der Waals surface area (Å²) in [6.45, 7) is 3.49. The van der Waals surface area contributed by atoms with Crippen molar-refractivity contribution in [1.29, 1.82) is 0 Å². The number of thiophene rings is 1. The fraction of sp³-hybridized carbons (Fsp3) is 0.333. The molecule has 0 fully saturated rings. The summed E-state index contributed by atoms with van der Waals surface area (Å²) < 4.78 is 5.01. The van der Waals surface area contributed by atoms with E-state index in [0.29, 0.717) is 10.9 Å². The van der Waals surface area contributed by atoms with Gasteiger partial charge in [-0.2, -0.15) is 4.98 Å². The summed E-state index contributed by atoms with van der Waals surface area (Å²) in [5.41, 5.74) is 0.980. The second-order valence-electron chi connectivity index (χ2n) is 3.20. The molecule has 0 aromatic carbocycles. The van der Waals surface area contributed by atoms with Crippen LogP contribution in [0, 0.1) is 6.92 Å². The Balaban J connectivity index is 2.41. The van der Waals surface area contributed by atoms with Crippen LogP contribution < -0.4 is 0 Å². The van der Waals surface area contributed by atoms with Gasteiger partial charge in [0.2, 0.25) is 0 Å². The lowest BCUT2D eigenvalue weighted by Gasteiger charge is -1.92. The van der Waals surface area contributed by atoms with Crippen LogP contribution in [0.25, 0.3) is 10.8 Å². The molecule has 4 nitrogen and oxygen atoms in total. The fourth-order valence-electron chi connectivity index (χ4n) is 1.07. The number of aliphatic hydroxyl groups is 1. The maximum atomic E-state index is 9.24. The Morgan fingerprint density at radius 2 is 2.33 bits per heavy atom. The van der Waals surface area contributed by atoms with Gasteiger partial charge in [0.05, 0.1) is 5.02 Å². The van der Waals surface area contributed by atoms with Gasteiger partial charge in [-0.3, -0.25) is 0 Å². The summed E-state index contributed by atoms with van der Waals surface area (Å²) in [4.78, 5) is 4.80. The van der Waals surface area contributed by atoms with E-state index >= 15 is 0 Å². The first-order chi connectivity index (χ1) is 7.09. The quantitative estimate of drug-likeness (QED) is 0.883. The van der Waals surface area contributed by atoms with Crippen LogP contribution >= 0.6 is 22.9 Å². The van der Waals surface area contributed by atoms with Crippen LogP contribution in [0.5, 0.6) is 0 Å². The molecule has 2 aromatic rings. The van der Waals surface area contributed by atoms with E-state index in [1.54, 1.807) is 6.92 Å². The van der Waals surface area contributed by atoms with Crippen LogP contribution in [0.15, 0.2) is 9.90 Å². The first-order valence-corrected chi connectivity index (χ1v) is 5.61. The number of rotatable bonds is 2. The second-order valence-corrected chi connectivity index (χ2v) is 4.45. The van der Waals surface area contributed by atoms with E-state index in [1.165, 1.54) is 11.3 Å². The number of aromatic nitrogens is 2. The van der Waals surface area contributed by atoms with Crippen LogP contribution in [-0.2, 0) is 0 Å². The molecule has 6 heteroatoms. The molecule has 2 rings (SSSR count). The van der Waals surface area contributed by atoms with Gasteiger partial charge in [-0.05, 0) is 24.8 Å². The first kappa shape index (κ1) is 10.6. The van der Waals surface area contributed by atoms with Gasteiger partial charge in [-0.25, -0.2) is 0 Å². The van der Waals surface area contributed by atoms with E-state index in [-0.39, 0.29) is 5.82 Å². The Bertz CT molecular complexity index is 478. The van der Waals surface area contributed by atoms with Gasteiger partial charge in [0.15, 0.2) is 5.82 Å². The molecule has 0 aliphatic rings. The molecule has 0 spiro atoms. The Morgan fingerprint density at radius 3 is 2.80 bits per heavy atom. The lowest BCUT2D eigenvalue weighted by atomic mass is 10.3. The fourth-order valence-corrected chi connectivity index (χ4v) is 2.27. The molecule has 0 radical (unpaired) electrons. The molecular formula is C9H9ClN2O2S. The SMILES string of the molecule is Cc1csc(-c2nc(C(C)O)no2)c1Cl. The number of halogens is 1. The van der Waals surface area contributed by atoms with Crippen LogP contribution in [0.2, 0.25) is 5.02 Å². The standard InChI is InChI=1S/C9H9ClN2O2S/c1-4-3-15-7(6(4)10)9-11-8(5(2)13)12-14-9/h3,5,13H,1-2H3. The zero-order valence-corrected chi connectivity index (χ0v) is 9.76. The van der Waals surface area contributed by atoms with Gasteiger partial charge < -0.3 is 9.63 Å². The number of aryl methyl sites for hydroxylation is 1. The van der Waals surface area contributed by atoms with Crippen molar-refractivity contribution in [3.05, 3.63) is 21.8 Å². The van der Waals surface area contributed by atoms with Gasteiger partial charge in [-0.15, -0.1) is 11.3 Å². The molecule has 0 bridgehead atoms. The normalized spacial score (nSPS) is 13.1. The lowest BCUT2D eigenvalue weighted by Crippen LogP contribution is -1.92. The minimum absolute atomic E-state index is 0.270. The first-order valence-electron chi connectivity index (χ1n) is 4.35. The lowest BCUT2D eigenvalue weighted by molar-refractivity contribution is 0.184. The third kappa shape index (κ3) is 1.90. The smallest absolute Gasteiger partial charge is 0.269 e. The maximum absolute atomic E-state index is 9.24. The number of nitrogens with zero attached hydrogens (tertiary/aromatic N) is 2. The third-order valence-electron chi connectivity index (χ3n) is 1.91. The molecule has 2 heterocycles. The van der Waals surface area contributed by atoms with E-state index in [2.05, 4.69) is 10.1 Å². The summed E-state index contributed by atoms with van der Waals surface area (Å²) in [5, 5.41) is 15.4. The Kier molecular flexibility index (Phi) is 2.77. The Hall–Kier alpha value is -0.910. The average Bonchev–Trinajstić information content (AvgIpc) is 2.76. The summed E-state index contributed by atoms with van der Waals surface area (Å²) in [7, 11) is 0. The highest BCUT2D eigenvalue weighted by Crippen LogP contribution is 2.35. The molecule has 2 aromatic heterocycles. The monoisotopic (exact) mass is 244 g/mol. The maximum Gasteiger partial charge on any atom is 0.269 e. The van der Waals surface area contributed by atoms with Crippen molar-refractivity contribution in [2.75, 3.05) is 0 Å². The molecule has 80 valence electrons. The summed E-state index contributed by atoms with van der Waals surface area (Å²) in [6.07, 6.45) is -0.734. The minimum atomic E-state index is -0.734. The molecular weight excluding hydrogens is 236 g/mol. The molecule has 1 atom stereocenters. The van der Waals surface area contributed by atoms with Crippen molar-refractivity contribution in [1.82, 2.24) is 10.1 Å². The minimum Gasteiger partial charge on any atom is -0.385 e. The predicted molar refractivity (Wildman–Crippen MR) is 58.0 cm³/mol. The molecule has 15 heavy (non-hydrogen) atoms. The van der Waals surface area contributed by atoms with Crippen molar-refractivity contribution in [3.8, 4) is 10.8 Å². The van der Waals surface area contributed by atoms with E-state index in [9.17, 15) is 5.11 Å². The van der Waals surface area contributed by atoms with Crippen LogP contribution in [0.3, 0.4) is 0 Å². The Morgan fingerprint density at radius 1 is 1.60 bits per heavy atom. The highest BCUT2D eigenvalue weighted by atomic mass is 35.5. The zero-order valence-electron chi connectivity index (χ0n) is 8.19. The molecule has 1 N–H and O–H groups in total. The Labute approximate surface area is 95.5 Å². The van der Waals surface area contributed by atoms with Crippen molar-refractivity contribution in [2.24, 2.45) is 0 Å². The van der Waals surface area contributed by atoms with Crippen LogP contribution in [0.4, 0.5) is 0 Å². The highest BCUT2D eigenvalue weighted by Gasteiger charge is 2.17. The van der Waals surface area contributed by atoms with Crippen molar-refractivity contribution < 1.29 is 9.63 Å². The van der Waals surface area contributed by atoms with Crippen LogP contribution in [0.1, 0.15) is 24.4 Å². The van der Waals surface area contributed by atoms with Gasteiger partial charge in [0.1, 0.15) is 11.0 Å². The molecule has 0 aliphatic heterocycles. The third-order valence-corrected chi connectivity index (χ3v) is 3.59. The van der Waals surface area contributed by atoms with Crippen molar-refractivity contribution in [2.45, 2.75) is 20.0 Å².